The number of primary amides is 1. The van der Waals surface area contributed by atoms with Gasteiger partial charge in [0.1, 0.15) is 0 Å². The van der Waals surface area contributed by atoms with Crippen LogP contribution in [0.4, 0.5) is 11.9 Å². The molecule has 0 bridgehead atoms. The fraction of sp³-hybridized carbons (Fsp3) is 0.417. The third kappa shape index (κ3) is 4.41. The minimum atomic E-state index is -0.321. The molecule has 0 saturated carbocycles. The summed E-state index contributed by atoms with van der Waals surface area (Å²) in [6.45, 7) is 3.21. The lowest BCUT2D eigenvalue weighted by Crippen LogP contribution is -2.15. The highest BCUT2D eigenvalue weighted by Gasteiger charge is 2.07. The van der Waals surface area contributed by atoms with E-state index in [1.54, 1.807) is 23.1 Å². The number of nitrogens with zero attached hydrogens (tertiary/aromatic N) is 5. The van der Waals surface area contributed by atoms with Gasteiger partial charge in [0.05, 0.1) is 0 Å². The molecule has 112 valence electrons. The van der Waals surface area contributed by atoms with Gasteiger partial charge >= 0.3 is 0 Å². The summed E-state index contributed by atoms with van der Waals surface area (Å²) in [6, 6.07) is 1.79. The van der Waals surface area contributed by atoms with Gasteiger partial charge in [-0.3, -0.25) is 4.79 Å². The van der Waals surface area contributed by atoms with Gasteiger partial charge in [-0.2, -0.15) is 20.1 Å². The number of carbonyl (C=O) groups is 1. The Morgan fingerprint density at radius 3 is 2.67 bits per heavy atom. The third-order valence-corrected chi connectivity index (χ3v) is 2.55. The minimum Gasteiger partial charge on any atom is -0.370 e. The number of hydrogen-bond donors (Lipinski definition) is 3. The number of carbonyl (C=O) groups excluding carboxylic acids is 1. The lowest BCUT2D eigenvalue weighted by Gasteiger charge is -2.09. The van der Waals surface area contributed by atoms with E-state index in [0.717, 1.165) is 0 Å². The van der Waals surface area contributed by atoms with Gasteiger partial charge in [0.25, 0.3) is 5.95 Å². The molecule has 0 aliphatic rings. The van der Waals surface area contributed by atoms with Crippen molar-refractivity contribution in [3.8, 4) is 5.95 Å². The third-order valence-electron chi connectivity index (χ3n) is 2.55. The van der Waals surface area contributed by atoms with Gasteiger partial charge in [0, 0.05) is 31.9 Å². The summed E-state index contributed by atoms with van der Waals surface area (Å²) in [5.74, 6) is 0.993. The van der Waals surface area contributed by atoms with Gasteiger partial charge in [-0.15, -0.1) is 0 Å². The second-order valence-electron chi connectivity index (χ2n) is 4.26. The molecule has 1 amide bonds. The molecule has 9 heteroatoms. The first-order valence-corrected chi connectivity index (χ1v) is 6.71. The minimum absolute atomic E-state index is 0.321. The largest absolute Gasteiger partial charge is 0.370 e. The van der Waals surface area contributed by atoms with Crippen molar-refractivity contribution in [3.63, 3.8) is 0 Å². The first kappa shape index (κ1) is 14.7. The van der Waals surface area contributed by atoms with Gasteiger partial charge in [0.2, 0.25) is 17.8 Å². The Kier molecular flexibility index (Phi) is 5.02. The predicted octanol–water partition coefficient (Wildman–Crippen LogP) is 0.167. The molecule has 0 aromatic carbocycles. The molecule has 0 unspecified atom stereocenters. The maximum absolute atomic E-state index is 10.7. The molecule has 0 radical (unpaired) electrons. The standard InChI is InChI=1S/C12H18N8O/c1-2-14-10-17-11(15-6-3-5-9(13)21)19-12(18-10)20-8-4-7-16-20/h4,7-8H,2-3,5-6H2,1H3,(H2,13,21)(H2,14,15,17,18,19). The molecular formula is C12H18N8O. The van der Waals surface area contributed by atoms with Crippen LogP contribution in [0.25, 0.3) is 5.95 Å². The van der Waals surface area contributed by atoms with E-state index in [1.807, 2.05) is 6.92 Å². The van der Waals surface area contributed by atoms with Crippen LogP contribution >= 0.6 is 0 Å². The van der Waals surface area contributed by atoms with Crippen LogP contribution in [0, 0.1) is 0 Å². The summed E-state index contributed by atoms with van der Waals surface area (Å²) < 4.78 is 1.55. The van der Waals surface area contributed by atoms with Crippen LogP contribution in [0.1, 0.15) is 19.8 Å². The van der Waals surface area contributed by atoms with Gasteiger partial charge < -0.3 is 16.4 Å². The molecule has 21 heavy (non-hydrogen) atoms. The summed E-state index contributed by atoms with van der Waals surface area (Å²) in [5.41, 5.74) is 5.09. The molecule has 0 atom stereocenters. The predicted molar refractivity (Wildman–Crippen MR) is 78.0 cm³/mol. The van der Waals surface area contributed by atoms with E-state index in [0.29, 0.717) is 43.8 Å². The zero-order valence-corrected chi connectivity index (χ0v) is 11.8. The van der Waals surface area contributed by atoms with Crippen LogP contribution in [0.2, 0.25) is 0 Å². The summed E-state index contributed by atoms with van der Waals surface area (Å²) in [6.07, 6.45) is 4.34. The van der Waals surface area contributed by atoms with Gasteiger partial charge in [0.15, 0.2) is 0 Å². The Morgan fingerprint density at radius 1 is 1.29 bits per heavy atom. The van der Waals surface area contributed by atoms with Crippen LogP contribution in [0.15, 0.2) is 18.5 Å². The number of amides is 1. The summed E-state index contributed by atoms with van der Waals surface area (Å²) in [7, 11) is 0. The molecule has 4 N–H and O–H groups in total. The number of hydrogen-bond acceptors (Lipinski definition) is 7. The van der Waals surface area contributed by atoms with Crippen LogP contribution in [-0.2, 0) is 4.79 Å². The average molecular weight is 290 g/mol. The maximum atomic E-state index is 10.7. The normalized spacial score (nSPS) is 10.3. The molecule has 0 spiro atoms. The Balaban J connectivity index is 2.10. The van der Waals surface area contributed by atoms with Crippen LogP contribution < -0.4 is 16.4 Å². The number of nitrogens with two attached hydrogens (primary N) is 1. The quantitative estimate of drug-likeness (QED) is 0.592. The summed E-state index contributed by atoms with van der Waals surface area (Å²) in [5, 5.41) is 10.2. The topological polar surface area (TPSA) is 124 Å². The lowest BCUT2D eigenvalue weighted by atomic mass is 10.3. The van der Waals surface area contributed by atoms with Crippen molar-refractivity contribution in [2.75, 3.05) is 23.7 Å². The SMILES string of the molecule is CCNc1nc(NCCCC(N)=O)nc(-n2cccn2)n1. The lowest BCUT2D eigenvalue weighted by molar-refractivity contribution is -0.118. The van der Waals surface area contributed by atoms with E-state index in [4.69, 9.17) is 5.73 Å². The summed E-state index contributed by atoms with van der Waals surface area (Å²) >= 11 is 0. The van der Waals surface area contributed by atoms with Crippen LogP contribution in [0.3, 0.4) is 0 Å². The van der Waals surface area contributed by atoms with Crippen molar-refractivity contribution in [1.29, 1.82) is 0 Å². The first-order valence-electron chi connectivity index (χ1n) is 6.71. The Bertz CT molecular complexity index is 583. The number of rotatable bonds is 8. The molecule has 0 aliphatic carbocycles. The first-order chi connectivity index (χ1) is 10.2. The Labute approximate surface area is 122 Å². The monoisotopic (exact) mass is 290 g/mol. The molecule has 2 heterocycles. The van der Waals surface area contributed by atoms with Crippen molar-refractivity contribution >= 4 is 17.8 Å². The maximum Gasteiger partial charge on any atom is 0.257 e. The molecule has 0 fully saturated rings. The van der Waals surface area contributed by atoms with Crippen molar-refractivity contribution < 1.29 is 4.79 Å². The van der Waals surface area contributed by atoms with Crippen molar-refractivity contribution in [2.45, 2.75) is 19.8 Å². The zero-order chi connectivity index (χ0) is 15.1. The fourth-order valence-corrected chi connectivity index (χ4v) is 1.63. The molecular weight excluding hydrogens is 272 g/mol. The van der Waals surface area contributed by atoms with Crippen LogP contribution in [0.5, 0.6) is 0 Å². The Hall–Kier alpha value is -2.71. The van der Waals surface area contributed by atoms with Gasteiger partial charge in [-0.25, -0.2) is 4.68 Å². The highest BCUT2D eigenvalue weighted by atomic mass is 16.1. The summed E-state index contributed by atoms with van der Waals surface area (Å²) in [4.78, 5) is 23.5. The highest BCUT2D eigenvalue weighted by Crippen LogP contribution is 2.08. The van der Waals surface area contributed by atoms with Gasteiger partial charge in [-0.05, 0) is 19.4 Å². The smallest absolute Gasteiger partial charge is 0.257 e. The van der Waals surface area contributed by atoms with E-state index in [2.05, 4.69) is 30.7 Å². The number of nitrogens with one attached hydrogen (secondary N) is 2. The van der Waals surface area contributed by atoms with E-state index >= 15 is 0 Å². The zero-order valence-electron chi connectivity index (χ0n) is 11.8. The number of anilines is 2. The van der Waals surface area contributed by atoms with E-state index in [-0.39, 0.29) is 5.91 Å². The molecule has 2 aromatic heterocycles. The van der Waals surface area contributed by atoms with Crippen LogP contribution in [-0.4, -0.2) is 43.7 Å². The molecule has 0 saturated heterocycles. The average Bonchev–Trinajstić information content (AvgIpc) is 2.98. The van der Waals surface area contributed by atoms with Crippen molar-refractivity contribution in [3.05, 3.63) is 18.5 Å². The fourth-order valence-electron chi connectivity index (χ4n) is 1.63. The second-order valence-corrected chi connectivity index (χ2v) is 4.26. The van der Waals surface area contributed by atoms with Gasteiger partial charge in [-0.1, -0.05) is 0 Å². The molecule has 9 nitrogen and oxygen atoms in total. The highest BCUT2D eigenvalue weighted by molar-refractivity contribution is 5.73. The van der Waals surface area contributed by atoms with Crippen molar-refractivity contribution in [1.82, 2.24) is 24.7 Å². The number of aromatic nitrogens is 5. The Morgan fingerprint density at radius 2 is 2.05 bits per heavy atom. The van der Waals surface area contributed by atoms with E-state index in [1.165, 1.54) is 0 Å². The van der Waals surface area contributed by atoms with Crippen molar-refractivity contribution in [2.24, 2.45) is 5.73 Å². The second kappa shape index (κ2) is 7.17. The molecule has 2 rings (SSSR count). The molecule has 0 aliphatic heterocycles. The van der Waals surface area contributed by atoms with E-state index < -0.39 is 0 Å². The molecule has 2 aromatic rings. The van der Waals surface area contributed by atoms with E-state index in [9.17, 15) is 4.79 Å².